The summed E-state index contributed by atoms with van der Waals surface area (Å²) in [6.07, 6.45) is 0.261. The molecule has 0 radical (unpaired) electrons. The van der Waals surface area contributed by atoms with Crippen LogP contribution in [0.3, 0.4) is 0 Å². The molecular weight excluding hydrogens is 368 g/mol. The van der Waals surface area contributed by atoms with Crippen molar-refractivity contribution in [2.24, 2.45) is 0 Å². The highest BCUT2D eigenvalue weighted by Crippen LogP contribution is 2.19. The minimum absolute atomic E-state index is 0.105. The van der Waals surface area contributed by atoms with Crippen LogP contribution in [0.2, 0.25) is 0 Å². The first-order valence-corrected chi connectivity index (χ1v) is 9.62. The number of amides is 1. The van der Waals surface area contributed by atoms with Gasteiger partial charge in [0.2, 0.25) is 5.91 Å². The Morgan fingerprint density at radius 2 is 1.97 bits per heavy atom. The number of aromatic nitrogens is 5. The fraction of sp³-hybridized carbons (Fsp3) is 0.333. The van der Waals surface area contributed by atoms with Crippen LogP contribution in [-0.4, -0.2) is 36.8 Å². The monoisotopic (exact) mass is 392 g/mol. The van der Waals surface area contributed by atoms with Gasteiger partial charge in [-0.2, -0.15) is 5.10 Å². The van der Waals surface area contributed by atoms with E-state index in [-0.39, 0.29) is 18.0 Å². The third-order valence-electron chi connectivity index (χ3n) is 5.25. The van der Waals surface area contributed by atoms with E-state index in [2.05, 4.69) is 20.6 Å². The van der Waals surface area contributed by atoms with Crippen molar-refractivity contribution in [3.05, 3.63) is 62.8 Å². The number of aromatic amines is 1. The molecular formula is C21H24N6O2. The van der Waals surface area contributed by atoms with Crippen LogP contribution in [0, 0.1) is 27.7 Å². The van der Waals surface area contributed by atoms with Crippen molar-refractivity contribution in [2.45, 2.75) is 40.7 Å². The molecule has 0 aliphatic carbocycles. The fourth-order valence-electron chi connectivity index (χ4n) is 3.65. The van der Waals surface area contributed by atoms with Gasteiger partial charge in [-0.3, -0.25) is 9.89 Å². The number of fused-ring (bicyclic) bond motifs is 3. The largest absolute Gasteiger partial charge is 0.354 e. The molecule has 3 heterocycles. The molecule has 0 aliphatic rings. The summed E-state index contributed by atoms with van der Waals surface area (Å²) in [5, 5.41) is 15.4. The van der Waals surface area contributed by atoms with Crippen molar-refractivity contribution < 1.29 is 4.79 Å². The predicted octanol–water partition coefficient (Wildman–Crippen LogP) is 1.96. The Morgan fingerprint density at radius 3 is 2.69 bits per heavy atom. The highest BCUT2D eigenvalue weighted by molar-refractivity contribution is 5.84. The minimum Gasteiger partial charge on any atom is -0.354 e. The zero-order valence-corrected chi connectivity index (χ0v) is 17.0. The molecule has 0 fully saturated rings. The molecule has 0 aliphatic heterocycles. The molecule has 0 bridgehead atoms. The lowest BCUT2D eigenvalue weighted by Gasteiger charge is -2.05. The summed E-state index contributed by atoms with van der Waals surface area (Å²) in [6, 6.07) is 8.08. The third kappa shape index (κ3) is 3.41. The lowest BCUT2D eigenvalue weighted by atomic mass is 10.1. The smallest absolute Gasteiger partial charge is 0.350 e. The Kier molecular flexibility index (Phi) is 4.70. The van der Waals surface area contributed by atoms with Crippen molar-refractivity contribution in [3.8, 4) is 0 Å². The van der Waals surface area contributed by atoms with Crippen LogP contribution in [0.5, 0.6) is 0 Å². The van der Waals surface area contributed by atoms with Crippen molar-refractivity contribution in [3.63, 3.8) is 0 Å². The molecule has 8 nitrogen and oxygen atoms in total. The lowest BCUT2D eigenvalue weighted by Crippen LogP contribution is -2.32. The van der Waals surface area contributed by atoms with Gasteiger partial charge in [0.05, 0.1) is 24.2 Å². The maximum atomic E-state index is 13.0. The van der Waals surface area contributed by atoms with Gasteiger partial charge in [0.25, 0.3) is 0 Å². The van der Waals surface area contributed by atoms with Gasteiger partial charge in [-0.1, -0.05) is 12.1 Å². The van der Waals surface area contributed by atoms with Crippen LogP contribution in [-0.2, 0) is 17.8 Å². The summed E-state index contributed by atoms with van der Waals surface area (Å²) in [5.74, 6) is -0.105. The van der Waals surface area contributed by atoms with Crippen molar-refractivity contribution in [1.29, 1.82) is 0 Å². The van der Waals surface area contributed by atoms with Crippen LogP contribution >= 0.6 is 0 Å². The van der Waals surface area contributed by atoms with E-state index in [9.17, 15) is 9.59 Å². The van der Waals surface area contributed by atoms with Crippen LogP contribution in [0.1, 0.15) is 28.1 Å². The number of nitrogens with one attached hydrogen (secondary N) is 2. The number of hydrogen-bond acceptors (Lipinski definition) is 4. The summed E-state index contributed by atoms with van der Waals surface area (Å²) in [4.78, 5) is 25.2. The number of pyridine rings is 1. The Bertz CT molecular complexity index is 1270. The second-order valence-electron chi connectivity index (χ2n) is 7.49. The number of nitrogens with zero attached hydrogens (tertiary/aromatic N) is 4. The van der Waals surface area contributed by atoms with Gasteiger partial charge in [-0.15, -0.1) is 5.10 Å². The van der Waals surface area contributed by atoms with E-state index in [1.807, 2.05) is 52.0 Å². The summed E-state index contributed by atoms with van der Waals surface area (Å²) in [5.41, 5.74) is 5.94. The summed E-state index contributed by atoms with van der Waals surface area (Å²) in [6.45, 7) is 8.35. The first-order chi connectivity index (χ1) is 13.8. The van der Waals surface area contributed by atoms with Crippen LogP contribution < -0.4 is 11.0 Å². The molecule has 4 rings (SSSR count). The number of carbonyl (C=O) groups is 1. The van der Waals surface area contributed by atoms with Gasteiger partial charge in [0, 0.05) is 17.8 Å². The lowest BCUT2D eigenvalue weighted by molar-refractivity contribution is -0.120. The molecule has 8 heteroatoms. The highest BCUT2D eigenvalue weighted by Gasteiger charge is 2.14. The van der Waals surface area contributed by atoms with Gasteiger partial charge >= 0.3 is 5.69 Å². The summed E-state index contributed by atoms with van der Waals surface area (Å²) < 4.78 is 3.07. The van der Waals surface area contributed by atoms with E-state index in [1.54, 1.807) is 4.40 Å². The Labute approximate surface area is 167 Å². The van der Waals surface area contributed by atoms with E-state index in [1.165, 1.54) is 4.68 Å². The molecule has 0 unspecified atom stereocenters. The molecule has 0 atom stereocenters. The van der Waals surface area contributed by atoms with Crippen LogP contribution in [0.15, 0.2) is 29.1 Å². The molecule has 150 valence electrons. The molecule has 2 N–H and O–H groups in total. The van der Waals surface area contributed by atoms with E-state index in [4.69, 9.17) is 0 Å². The van der Waals surface area contributed by atoms with E-state index >= 15 is 0 Å². The molecule has 0 saturated carbocycles. The standard InChI is InChI=1S/C21H24N6O2/c1-12-5-6-16-10-13(2)20-25-26(21(29)27(20)18(16)9-12)8-7-22-19(28)11-17-14(3)23-24-15(17)4/h5-6,9-10H,7-8,11H2,1-4H3,(H,22,28)(H,23,24). The van der Waals surface area contributed by atoms with Crippen molar-refractivity contribution >= 4 is 22.5 Å². The minimum atomic E-state index is -0.199. The number of hydrogen-bond donors (Lipinski definition) is 2. The average Bonchev–Trinajstić information content (AvgIpc) is 3.17. The first-order valence-electron chi connectivity index (χ1n) is 9.62. The van der Waals surface area contributed by atoms with E-state index in [0.717, 1.165) is 39.0 Å². The molecule has 29 heavy (non-hydrogen) atoms. The number of aryl methyl sites for hydroxylation is 4. The number of benzene rings is 1. The third-order valence-corrected chi connectivity index (χ3v) is 5.25. The van der Waals surface area contributed by atoms with Crippen LogP contribution in [0.25, 0.3) is 16.6 Å². The molecule has 0 saturated heterocycles. The normalized spacial score (nSPS) is 11.4. The molecule has 4 aromatic rings. The molecule has 0 spiro atoms. The molecule has 3 aromatic heterocycles. The quantitative estimate of drug-likeness (QED) is 0.543. The summed E-state index contributed by atoms with van der Waals surface area (Å²) in [7, 11) is 0. The number of rotatable bonds is 5. The fourth-order valence-corrected chi connectivity index (χ4v) is 3.65. The van der Waals surface area contributed by atoms with Gasteiger partial charge in [-0.25, -0.2) is 13.9 Å². The zero-order chi connectivity index (χ0) is 20.7. The molecule has 1 amide bonds. The van der Waals surface area contributed by atoms with Gasteiger partial charge < -0.3 is 5.32 Å². The number of H-pyrrole nitrogens is 1. The Balaban J connectivity index is 1.54. The second kappa shape index (κ2) is 7.20. The van der Waals surface area contributed by atoms with E-state index < -0.39 is 0 Å². The summed E-state index contributed by atoms with van der Waals surface area (Å²) >= 11 is 0. The topological polar surface area (TPSA) is 97.1 Å². The SMILES string of the molecule is Cc1ccc2cc(C)c3nn(CCNC(=O)Cc4c(C)n[nH]c4C)c(=O)n3c2c1. The number of carbonyl (C=O) groups excluding carboxylic acids is 1. The Morgan fingerprint density at radius 1 is 1.17 bits per heavy atom. The average molecular weight is 392 g/mol. The molecule has 1 aromatic carbocycles. The highest BCUT2D eigenvalue weighted by atomic mass is 16.2. The van der Waals surface area contributed by atoms with Gasteiger partial charge in [0.1, 0.15) is 0 Å². The zero-order valence-electron chi connectivity index (χ0n) is 17.0. The Hall–Kier alpha value is -3.42. The van der Waals surface area contributed by atoms with Crippen molar-refractivity contribution in [2.75, 3.05) is 6.54 Å². The van der Waals surface area contributed by atoms with E-state index in [0.29, 0.717) is 18.7 Å². The van der Waals surface area contributed by atoms with Crippen LogP contribution in [0.4, 0.5) is 0 Å². The maximum Gasteiger partial charge on any atom is 0.350 e. The second-order valence-corrected chi connectivity index (χ2v) is 7.49. The predicted molar refractivity (Wildman–Crippen MR) is 111 cm³/mol. The maximum absolute atomic E-state index is 13.0. The van der Waals surface area contributed by atoms with Crippen molar-refractivity contribution in [1.82, 2.24) is 29.7 Å². The first kappa shape index (κ1) is 18.9. The van der Waals surface area contributed by atoms with Gasteiger partial charge in [0.15, 0.2) is 5.65 Å². The van der Waals surface area contributed by atoms with Gasteiger partial charge in [-0.05, 0) is 56.3 Å².